The van der Waals surface area contributed by atoms with Crippen LogP contribution in [0.25, 0.3) is 0 Å². The van der Waals surface area contributed by atoms with Crippen molar-refractivity contribution in [3.05, 3.63) is 82.7 Å². The third-order valence-corrected chi connectivity index (χ3v) is 26.3. The zero-order chi connectivity index (χ0) is 28.0. The van der Waals surface area contributed by atoms with Gasteiger partial charge in [0.05, 0.1) is 0 Å². The molecule has 7 heteroatoms. The van der Waals surface area contributed by atoms with E-state index in [0.29, 0.717) is 23.7 Å². The summed E-state index contributed by atoms with van der Waals surface area (Å²) in [5, 5.41) is 0. The van der Waals surface area contributed by atoms with Crippen LogP contribution in [0, 0.1) is 0 Å². The van der Waals surface area contributed by atoms with Gasteiger partial charge in [0, 0.05) is 22.8 Å². The second-order valence-corrected chi connectivity index (χ2v) is 30.1. The number of benzene rings is 2. The van der Waals surface area contributed by atoms with Gasteiger partial charge in [0.2, 0.25) is 0 Å². The van der Waals surface area contributed by atoms with Crippen LogP contribution in [0.15, 0.2) is 60.4 Å². The highest BCUT2D eigenvalue weighted by Gasteiger charge is 2.64. The maximum Gasteiger partial charge on any atom is 0.389 e. The Labute approximate surface area is 241 Å². The Kier molecular flexibility index (Phi) is 9.14. The summed E-state index contributed by atoms with van der Waals surface area (Å²) in [6, 6.07) is 13.2. The molecule has 37 heavy (non-hydrogen) atoms. The lowest BCUT2D eigenvalue weighted by Gasteiger charge is -2.55. The first-order valence-corrected chi connectivity index (χ1v) is 21.8. The Balaban J connectivity index is 2.53. The van der Waals surface area contributed by atoms with Gasteiger partial charge >= 0.3 is 13.4 Å². The van der Waals surface area contributed by atoms with Crippen molar-refractivity contribution < 1.29 is 0 Å². The zero-order valence-electron chi connectivity index (χ0n) is 24.1. The van der Waals surface area contributed by atoms with Crippen molar-refractivity contribution >= 4 is 58.0 Å². The van der Waals surface area contributed by atoms with Gasteiger partial charge in [0.15, 0.2) is 0 Å². The van der Waals surface area contributed by atoms with E-state index in [1.54, 1.807) is 0 Å². The number of anilines is 2. The number of hydrogen-bond donors (Lipinski definition) is 0. The number of nitrogens with zero attached hydrogens (tertiary/aromatic N) is 2. The minimum atomic E-state index is -3.37. The Morgan fingerprint density at radius 2 is 1.03 bits per heavy atom. The number of hydrogen-bond acceptors (Lipinski definition) is 2. The van der Waals surface area contributed by atoms with Gasteiger partial charge in [-0.05, 0) is 65.5 Å². The van der Waals surface area contributed by atoms with Crippen LogP contribution in [-0.2, 0) is 0 Å². The minimum absolute atomic E-state index is 0.296. The van der Waals surface area contributed by atoms with Gasteiger partial charge in [-0.1, -0.05) is 98.4 Å². The molecule has 0 saturated heterocycles. The Bertz CT molecular complexity index is 1150. The smallest absolute Gasteiger partial charge is 0.342 e. The second kappa shape index (κ2) is 11.1. The zero-order valence-corrected chi connectivity index (χ0v) is 28.4. The monoisotopic (exact) mass is 592 g/mol. The molecule has 0 aliphatic carbocycles. The maximum atomic E-state index is 8.14. The fraction of sp³-hybridized carbons (Fsp3) is 0.467. The fourth-order valence-electron chi connectivity index (χ4n) is 5.44. The molecule has 0 spiro atoms. The highest BCUT2D eigenvalue weighted by atomic mass is 35.7. The molecule has 1 unspecified atom stereocenters. The standard InChI is InChI=1S/C30H43Cl3N2Si2/c1-19(2)25-14-12-15-26(20(3)4)29(25)34-23(9)18-24(10)35(37(34,33)36(11,31)32)30-27(21(5)6)16-13-17-28(30)22(7)8/h12-22H,9H2,1-8,10-11H3. The molecule has 3 rings (SSSR count). The van der Waals surface area contributed by atoms with Gasteiger partial charge in [-0.25, -0.2) is 0 Å². The fourth-order valence-corrected chi connectivity index (χ4v) is 16.8. The molecule has 0 saturated carbocycles. The Morgan fingerprint density at radius 3 is 1.32 bits per heavy atom. The summed E-state index contributed by atoms with van der Waals surface area (Å²) in [7, 11) is -3.37. The normalized spacial score (nSPS) is 19.1. The highest BCUT2D eigenvalue weighted by Crippen LogP contribution is 2.52. The lowest BCUT2D eigenvalue weighted by atomic mass is 9.92. The van der Waals surface area contributed by atoms with Crippen LogP contribution in [0.5, 0.6) is 0 Å². The van der Waals surface area contributed by atoms with Gasteiger partial charge in [-0.2, -0.15) is 0 Å². The predicted octanol–water partition coefficient (Wildman–Crippen LogP) is 10.7. The van der Waals surface area contributed by atoms with E-state index in [4.69, 9.17) is 33.2 Å². The van der Waals surface area contributed by atoms with Crippen LogP contribution >= 0.6 is 33.2 Å². The molecule has 202 valence electrons. The molecular formula is C30H43Cl3N2Si2. The van der Waals surface area contributed by atoms with Crippen LogP contribution in [-0.4, -0.2) is 13.4 Å². The highest BCUT2D eigenvalue weighted by molar-refractivity contribution is 7.84. The second-order valence-electron chi connectivity index (χ2n) is 11.6. The van der Waals surface area contributed by atoms with Crippen LogP contribution in [0.1, 0.15) is 108 Å². The molecule has 0 fully saturated rings. The third kappa shape index (κ3) is 5.34. The van der Waals surface area contributed by atoms with Crippen molar-refractivity contribution in [2.75, 3.05) is 9.13 Å². The Morgan fingerprint density at radius 1 is 0.703 bits per heavy atom. The average molecular weight is 594 g/mol. The summed E-state index contributed by atoms with van der Waals surface area (Å²) in [4.78, 5) is 0. The molecule has 1 heterocycles. The lowest BCUT2D eigenvalue weighted by Crippen LogP contribution is -2.74. The van der Waals surface area contributed by atoms with Crippen LogP contribution in [0.3, 0.4) is 0 Å². The van der Waals surface area contributed by atoms with Crippen LogP contribution in [0.4, 0.5) is 11.4 Å². The van der Waals surface area contributed by atoms with E-state index in [1.807, 2.05) is 6.55 Å². The molecule has 0 radical (unpaired) electrons. The SMILES string of the molecule is C=C1C=C(C)N(c2c(C(C)C)cccc2C(C)C)[Si](Cl)([Si](C)(Cl)Cl)N1c1c(C(C)C)cccc1C(C)C. The first-order valence-electron chi connectivity index (χ1n) is 13.4. The van der Waals surface area contributed by atoms with E-state index < -0.39 is 13.4 Å². The first kappa shape index (κ1) is 30.4. The number of para-hydroxylation sites is 2. The van der Waals surface area contributed by atoms with E-state index in [-0.39, 0.29) is 0 Å². The largest absolute Gasteiger partial charge is 0.389 e. The summed E-state index contributed by atoms with van der Waals surface area (Å²) in [5.74, 6) is 1.21. The van der Waals surface area contributed by atoms with Crippen molar-refractivity contribution in [3.8, 4) is 0 Å². The molecule has 0 N–H and O–H groups in total. The summed E-state index contributed by atoms with van der Waals surface area (Å²) < 4.78 is 4.65. The van der Waals surface area contributed by atoms with Crippen molar-refractivity contribution in [1.82, 2.24) is 0 Å². The average Bonchev–Trinajstić information content (AvgIpc) is 2.77. The summed E-state index contributed by atoms with van der Waals surface area (Å²) >= 11 is 22.9. The van der Waals surface area contributed by atoms with Crippen LogP contribution in [0.2, 0.25) is 6.55 Å². The van der Waals surface area contributed by atoms with E-state index >= 15 is 0 Å². The molecule has 2 aromatic rings. The van der Waals surface area contributed by atoms with Gasteiger partial charge in [-0.3, -0.25) is 0 Å². The number of halogens is 3. The molecule has 0 bridgehead atoms. The summed E-state index contributed by atoms with van der Waals surface area (Å²) in [6.45, 7) is 26.5. The molecule has 0 amide bonds. The van der Waals surface area contributed by atoms with E-state index in [2.05, 4.69) is 120 Å². The van der Waals surface area contributed by atoms with Gasteiger partial charge < -0.3 is 9.13 Å². The molecule has 1 aliphatic heterocycles. The predicted molar refractivity (Wildman–Crippen MR) is 172 cm³/mol. The molecule has 2 aromatic carbocycles. The maximum absolute atomic E-state index is 8.14. The minimum Gasteiger partial charge on any atom is -0.342 e. The van der Waals surface area contributed by atoms with E-state index in [0.717, 1.165) is 22.8 Å². The molecule has 1 atom stereocenters. The van der Waals surface area contributed by atoms with Gasteiger partial charge in [0.25, 0.3) is 0 Å². The Hall–Kier alpha value is -1.18. The van der Waals surface area contributed by atoms with E-state index in [1.165, 1.54) is 22.3 Å². The topological polar surface area (TPSA) is 6.48 Å². The molecule has 0 aromatic heterocycles. The van der Waals surface area contributed by atoms with Gasteiger partial charge in [0.1, 0.15) is 0 Å². The van der Waals surface area contributed by atoms with Crippen molar-refractivity contribution in [2.45, 2.75) is 92.5 Å². The third-order valence-electron chi connectivity index (χ3n) is 7.30. The van der Waals surface area contributed by atoms with Crippen molar-refractivity contribution in [3.63, 3.8) is 0 Å². The quantitative estimate of drug-likeness (QED) is 0.233. The molecule has 1 aliphatic rings. The molecular weight excluding hydrogens is 551 g/mol. The van der Waals surface area contributed by atoms with Crippen molar-refractivity contribution in [2.24, 2.45) is 0 Å². The number of rotatable bonds is 7. The summed E-state index contributed by atoms with van der Waals surface area (Å²) in [6.07, 6.45) is -0.931. The number of allylic oxidation sites excluding steroid dienone is 2. The van der Waals surface area contributed by atoms with Crippen molar-refractivity contribution in [1.29, 1.82) is 0 Å². The van der Waals surface area contributed by atoms with Gasteiger partial charge in [-0.15, -0.1) is 33.2 Å². The van der Waals surface area contributed by atoms with Crippen LogP contribution < -0.4 is 9.13 Å². The first-order chi connectivity index (χ1) is 17.1. The summed E-state index contributed by atoms with van der Waals surface area (Å²) in [5.41, 5.74) is 9.20. The lowest BCUT2D eigenvalue weighted by molar-refractivity contribution is 0.824. The van der Waals surface area contributed by atoms with E-state index in [9.17, 15) is 0 Å². The molecule has 2 nitrogen and oxygen atoms in total.